The Balaban J connectivity index is 2.13. The molecule has 0 unspecified atom stereocenters. The molecule has 8 heteroatoms. The van der Waals surface area contributed by atoms with E-state index < -0.39 is 5.97 Å². The summed E-state index contributed by atoms with van der Waals surface area (Å²) < 4.78 is 5.40. The Morgan fingerprint density at radius 3 is 2.95 bits per heavy atom. The average molecular weight is 340 g/mol. The van der Waals surface area contributed by atoms with Crippen LogP contribution in [0.3, 0.4) is 0 Å². The molecule has 2 aromatic heterocycles. The number of hydrogen-bond acceptors (Lipinski definition) is 7. The number of furan rings is 1. The smallest absolute Gasteiger partial charge is 0.400 e. The molecule has 0 aromatic carbocycles. The topological polar surface area (TPSA) is 88.5 Å². The maximum absolute atomic E-state index is 11.5. The van der Waals surface area contributed by atoms with Crippen LogP contribution >= 0.6 is 27.3 Å². The Hall–Kier alpha value is -1.98. The molecule has 0 amide bonds. The van der Waals surface area contributed by atoms with Crippen molar-refractivity contribution in [2.24, 2.45) is 5.16 Å². The minimum atomic E-state index is -0.785. The number of rotatable bonds is 3. The van der Waals surface area contributed by atoms with Crippen LogP contribution in [0.4, 0.5) is 0 Å². The first-order valence-electron chi connectivity index (χ1n) is 4.97. The molecule has 0 N–H and O–H groups in total. The number of oxime groups is 1. The molecule has 19 heavy (non-hydrogen) atoms. The lowest BCUT2D eigenvalue weighted by Crippen LogP contribution is -2.03. The molecule has 0 fully saturated rings. The molecule has 2 heterocycles. The summed E-state index contributed by atoms with van der Waals surface area (Å²) in [6, 6.07) is 4.81. The highest BCUT2D eigenvalue weighted by atomic mass is 79.9. The van der Waals surface area contributed by atoms with Gasteiger partial charge in [-0.25, -0.2) is 9.78 Å². The Morgan fingerprint density at radius 1 is 1.63 bits per heavy atom. The van der Waals surface area contributed by atoms with Crippen LogP contribution in [-0.4, -0.2) is 16.7 Å². The molecule has 0 bridgehead atoms. The molecule has 2 rings (SSSR count). The number of aryl methyl sites for hydroxylation is 1. The van der Waals surface area contributed by atoms with E-state index in [2.05, 4.69) is 30.9 Å². The van der Waals surface area contributed by atoms with Crippen molar-refractivity contribution in [3.05, 3.63) is 38.6 Å². The third-order valence-corrected chi connectivity index (χ3v) is 3.31. The maximum Gasteiger partial charge on any atom is 0.400 e. The predicted molar refractivity (Wildman–Crippen MR) is 70.8 cm³/mol. The largest absolute Gasteiger partial charge is 0.442 e. The summed E-state index contributed by atoms with van der Waals surface area (Å²) in [5.41, 5.74) is 0.710. The highest BCUT2D eigenvalue weighted by molar-refractivity contribution is 9.10. The molecule has 0 atom stereocenters. The Morgan fingerprint density at radius 2 is 2.42 bits per heavy atom. The summed E-state index contributed by atoms with van der Waals surface area (Å²) in [6.07, 6.45) is 0. The highest BCUT2D eigenvalue weighted by Crippen LogP contribution is 2.15. The first-order chi connectivity index (χ1) is 9.10. The number of hydrogen-bond donors (Lipinski definition) is 0. The number of nitriles is 1. The zero-order valence-electron chi connectivity index (χ0n) is 9.58. The van der Waals surface area contributed by atoms with Gasteiger partial charge in [0, 0.05) is 11.1 Å². The fourth-order valence-corrected chi connectivity index (χ4v) is 2.16. The van der Waals surface area contributed by atoms with Gasteiger partial charge in [0.1, 0.15) is 6.07 Å². The summed E-state index contributed by atoms with van der Waals surface area (Å²) >= 11 is 4.31. The highest BCUT2D eigenvalue weighted by Gasteiger charge is 2.14. The first kappa shape index (κ1) is 13.5. The summed E-state index contributed by atoms with van der Waals surface area (Å²) in [6.45, 7) is 1.79. The second-order valence-corrected chi connectivity index (χ2v) is 4.97. The molecule has 6 nitrogen and oxygen atoms in total. The Labute approximate surface area is 120 Å². The standard InChI is InChI=1S/C11H6BrN3O3S/c1-6-5-19-10(14-6)7(4-13)15-18-11(16)8-2-3-9(12)17-8/h2-3,5H,1H3. The molecule has 0 aliphatic carbocycles. The van der Waals surface area contributed by atoms with Gasteiger partial charge in [-0.2, -0.15) is 5.26 Å². The van der Waals surface area contributed by atoms with Crippen LogP contribution in [0, 0.1) is 18.3 Å². The van der Waals surface area contributed by atoms with Crippen LogP contribution in [0.25, 0.3) is 0 Å². The van der Waals surface area contributed by atoms with Crippen molar-refractivity contribution in [3.8, 4) is 6.07 Å². The number of halogens is 1. The van der Waals surface area contributed by atoms with E-state index in [1.54, 1.807) is 18.4 Å². The van der Waals surface area contributed by atoms with Crippen molar-refractivity contribution in [3.63, 3.8) is 0 Å². The maximum atomic E-state index is 11.5. The van der Waals surface area contributed by atoms with Crippen LogP contribution in [0.2, 0.25) is 0 Å². The molecule has 2 aromatic rings. The van der Waals surface area contributed by atoms with E-state index in [4.69, 9.17) is 9.68 Å². The molecule has 0 saturated heterocycles. The Kier molecular flexibility index (Phi) is 4.09. The van der Waals surface area contributed by atoms with Crippen LogP contribution in [0.1, 0.15) is 21.3 Å². The van der Waals surface area contributed by atoms with Gasteiger partial charge in [-0.05, 0) is 35.0 Å². The predicted octanol–water partition coefficient (Wildman–Crippen LogP) is 2.89. The van der Waals surface area contributed by atoms with Gasteiger partial charge in [-0.15, -0.1) is 11.3 Å². The van der Waals surface area contributed by atoms with E-state index in [1.807, 2.05) is 6.07 Å². The zero-order chi connectivity index (χ0) is 13.8. The van der Waals surface area contributed by atoms with E-state index >= 15 is 0 Å². The molecule has 0 spiro atoms. The SMILES string of the molecule is Cc1csc(C(C#N)=NOC(=O)c2ccc(Br)o2)n1. The third-order valence-electron chi connectivity index (χ3n) is 1.92. The fraction of sp³-hybridized carbons (Fsp3) is 0.0909. The van der Waals surface area contributed by atoms with Gasteiger partial charge < -0.3 is 9.25 Å². The van der Waals surface area contributed by atoms with Gasteiger partial charge in [0.25, 0.3) is 0 Å². The van der Waals surface area contributed by atoms with Gasteiger partial charge in [0.05, 0.1) is 0 Å². The van der Waals surface area contributed by atoms with E-state index in [-0.39, 0.29) is 11.5 Å². The van der Waals surface area contributed by atoms with E-state index in [0.29, 0.717) is 9.68 Å². The van der Waals surface area contributed by atoms with Crippen LogP contribution in [-0.2, 0) is 4.84 Å². The number of thiazole rings is 1. The van der Waals surface area contributed by atoms with Crippen molar-refractivity contribution >= 4 is 38.9 Å². The number of nitrogens with zero attached hydrogens (tertiary/aromatic N) is 3. The molecular formula is C11H6BrN3O3S. The fourth-order valence-electron chi connectivity index (χ4n) is 1.13. The molecule has 0 aliphatic heterocycles. The monoisotopic (exact) mass is 339 g/mol. The van der Waals surface area contributed by atoms with E-state index in [0.717, 1.165) is 5.69 Å². The number of carbonyl (C=O) groups excluding carboxylic acids is 1. The van der Waals surface area contributed by atoms with Gasteiger partial charge in [-0.1, -0.05) is 5.16 Å². The quantitative estimate of drug-likeness (QED) is 0.487. The van der Waals surface area contributed by atoms with Gasteiger partial charge in [0.2, 0.25) is 11.5 Å². The minimum Gasteiger partial charge on any atom is -0.442 e. The van der Waals surface area contributed by atoms with E-state index in [9.17, 15) is 4.79 Å². The molecule has 96 valence electrons. The van der Waals surface area contributed by atoms with Gasteiger partial charge in [-0.3, -0.25) is 0 Å². The molecule has 0 saturated carbocycles. The minimum absolute atomic E-state index is 0.0109. The van der Waals surface area contributed by atoms with E-state index in [1.165, 1.54) is 17.4 Å². The zero-order valence-corrected chi connectivity index (χ0v) is 12.0. The second-order valence-electron chi connectivity index (χ2n) is 3.33. The van der Waals surface area contributed by atoms with Crippen molar-refractivity contribution < 1.29 is 14.0 Å². The average Bonchev–Trinajstić information content (AvgIpc) is 2.99. The first-order valence-corrected chi connectivity index (χ1v) is 6.64. The lowest BCUT2D eigenvalue weighted by Gasteiger charge is -1.94. The normalized spacial score (nSPS) is 11.1. The van der Waals surface area contributed by atoms with Crippen molar-refractivity contribution in [1.29, 1.82) is 5.26 Å². The van der Waals surface area contributed by atoms with Crippen molar-refractivity contribution in [2.75, 3.05) is 0 Å². The number of carbonyl (C=O) groups is 1. The summed E-state index contributed by atoms with van der Waals surface area (Å²) in [4.78, 5) is 20.3. The van der Waals surface area contributed by atoms with Crippen molar-refractivity contribution in [1.82, 2.24) is 4.98 Å². The van der Waals surface area contributed by atoms with Crippen molar-refractivity contribution in [2.45, 2.75) is 6.92 Å². The summed E-state index contributed by atoms with van der Waals surface area (Å²) in [7, 11) is 0. The molecular weight excluding hydrogens is 334 g/mol. The Bertz CT molecular complexity index is 683. The lowest BCUT2D eigenvalue weighted by atomic mass is 10.4. The lowest BCUT2D eigenvalue weighted by molar-refractivity contribution is 0.0479. The van der Waals surface area contributed by atoms with Gasteiger partial charge >= 0.3 is 5.97 Å². The molecule has 0 radical (unpaired) electrons. The summed E-state index contributed by atoms with van der Waals surface area (Å²) in [5, 5.41) is 14.6. The third kappa shape index (κ3) is 3.27. The second kappa shape index (κ2) is 5.77. The number of aromatic nitrogens is 1. The molecule has 0 aliphatic rings. The van der Waals surface area contributed by atoms with Crippen LogP contribution in [0.5, 0.6) is 0 Å². The van der Waals surface area contributed by atoms with Gasteiger partial charge in [0.15, 0.2) is 9.68 Å². The van der Waals surface area contributed by atoms with Crippen LogP contribution in [0.15, 0.2) is 31.8 Å². The van der Waals surface area contributed by atoms with Crippen LogP contribution < -0.4 is 0 Å². The summed E-state index contributed by atoms with van der Waals surface area (Å²) in [5.74, 6) is -0.796.